The molecule has 0 bridgehead atoms. The fourth-order valence-corrected chi connectivity index (χ4v) is 1.76. The summed E-state index contributed by atoms with van der Waals surface area (Å²) in [7, 11) is 0. The summed E-state index contributed by atoms with van der Waals surface area (Å²) >= 11 is 0. The number of hydrogen-bond donors (Lipinski definition) is 2. The topological polar surface area (TPSA) is 43.7 Å². The van der Waals surface area contributed by atoms with Gasteiger partial charge in [0, 0.05) is 0 Å². The maximum absolute atomic E-state index is 9.69. The largest absolute Gasteiger partial charge is 0.394 e. The third-order valence-electron chi connectivity index (χ3n) is 2.54. The zero-order valence-corrected chi connectivity index (χ0v) is 7.35. The summed E-state index contributed by atoms with van der Waals surface area (Å²) in [5.74, 6) is 0. The zero-order valence-electron chi connectivity index (χ0n) is 7.35. The van der Waals surface area contributed by atoms with E-state index >= 15 is 0 Å². The van der Waals surface area contributed by atoms with E-state index in [4.69, 9.17) is 5.11 Å². The van der Waals surface area contributed by atoms with Gasteiger partial charge in [0.2, 0.25) is 0 Å². The van der Waals surface area contributed by atoms with Crippen LogP contribution in [0.3, 0.4) is 0 Å². The van der Waals surface area contributed by atoms with Gasteiger partial charge in [0.25, 0.3) is 0 Å². The van der Waals surface area contributed by atoms with Crippen molar-refractivity contribution in [2.75, 3.05) is 11.7 Å². The SMILES string of the molecule is OCC1CCc2ccccc2N1O. The summed E-state index contributed by atoms with van der Waals surface area (Å²) in [5, 5.41) is 19.9. The molecule has 0 fully saturated rings. The van der Waals surface area contributed by atoms with Crippen LogP contribution >= 0.6 is 0 Å². The number of hydroxylamine groups is 1. The van der Waals surface area contributed by atoms with E-state index < -0.39 is 0 Å². The molecule has 0 aliphatic carbocycles. The fraction of sp³-hybridized carbons (Fsp3) is 0.400. The van der Waals surface area contributed by atoms with Crippen LogP contribution in [-0.2, 0) is 6.42 Å². The lowest BCUT2D eigenvalue weighted by Gasteiger charge is -2.32. The molecule has 0 spiro atoms. The van der Waals surface area contributed by atoms with Crippen molar-refractivity contribution in [1.82, 2.24) is 0 Å². The Hall–Kier alpha value is -1.06. The Morgan fingerprint density at radius 2 is 2.15 bits per heavy atom. The lowest BCUT2D eigenvalue weighted by molar-refractivity contribution is 0.149. The number of aliphatic hydroxyl groups is 1. The van der Waals surface area contributed by atoms with Crippen molar-refractivity contribution >= 4 is 5.69 Å². The first-order valence-corrected chi connectivity index (χ1v) is 4.50. The second-order valence-corrected chi connectivity index (χ2v) is 3.35. The molecule has 1 unspecified atom stereocenters. The quantitative estimate of drug-likeness (QED) is 0.680. The summed E-state index contributed by atoms with van der Waals surface area (Å²) < 4.78 is 0. The summed E-state index contributed by atoms with van der Waals surface area (Å²) in [6.07, 6.45) is 1.74. The first kappa shape index (κ1) is 8.53. The molecule has 1 aromatic rings. The van der Waals surface area contributed by atoms with Gasteiger partial charge < -0.3 is 5.11 Å². The number of aliphatic hydroxyl groups excluding tert-OH is 1. The predicted molar refractivity (Wildman–Crippen MR) is 49.9 cm³/mol. The van der Waals surface area contributed by atoms with Crippen molar-refractivity contribution < 1.29 is 10.3 Å². The van der Waals surface area contributed by atoms with Gasteiger partial charge in [-0.15, -0.1) is 0 Å². The van der Waals surface area contributed by atoms with E-state index in [-0.39, 0.29) is 12.6 Å². The van der Waals surface area contributed by atoms with Crippen LogP contribution in [0.1, 0.15) is 12.0 Å². The van der Waals surface area contributed by atoms with E-state index in [2.05, 4.69) is 0 Å². The van der Waals surface area contributed by atoms with Gasteiger partial charge >= 0.3 is 0 Å². The number of fused-ring (bicyclic) bond motifs is 1. The second-order valence-electron chi connectivity index (χ2n) is 3.35. The molecule has 1 heterocycles. The van der Waals surface area contributed by atoms with Crippen LogP contribution in [0.4, 0.5) is 5.69 Å². The Balaban J connectivity index is 2.33. The number of nitrogens with zero attached hydrogens (tertiary/aromatic N) is 1. The van der Waals surface area contributed by atoms with Crippen molar-refractivity contribution in [3.05, 3.63) is 29.8 Å². The number of para-hydroxylation sites is 1. The van der Waals surface area contributed by atoms with Crippen LogP contribution in [0.2, 0.25) is 0 Å². The highest BCUT2D eigenvalue weighted by Crippen LogP contribution is 2.28. The molecular weight excluding hydrogens is 166 g/mol. The Morgan fingerprint density at radius 1 is 1.38 bits per heavy atom. The molecule has 70 valence electrons. The maximum Gasteiger partial charge on any atom is 0.0797 e. The Morgan fingerprint density at radius 3 is 2.92 bits per heavy atom. The van der Waals surface area contributed by atoms with Gasteiger partial charge in [-0.05, 0) is 24.5 Å². The molecule has 1 aromatic carbocycles. The lowest BCUT2D eigenvalue weighted by Crippen LogP contribution is -2.39. The Labute approximate surface area is 77.2 Å². The molecule has 0 saturated carbocycles. The first-order valence-electron chi connectivity index (χ1n) is 4.50. The average Bonchev–Trinajstić information content (AvgIpc) is 2.19. The first-order chi connectivity index (χ1) is 6.33. The van der Waals surface area contributed by atoms with E-state index in [1.54, 1.807) is 0 Å². The van der Waals surface area contributed by atoms with Gasteiger partial charge in [-0.3, -0.25) is 10.3 Å². The molecule has 0 radical (unpaired) electrons. The van der Waals surface area contributed by atoms with Gasteiger partial charge in [-0.2, -0.15) is 0 Å². The average molecular weight is 179 g/mol. The van der Waals surface area contributed by atoms with Crippen molar-refractivity contribution in [2.45, 2.75) is 18.9 Å². The highest BCUT2D eigenvalue weighted by Gasteiger charge is 2.23. The van der Waals surface area contributed by atoms with Gasteiger partial charge in [0.15, 0.2) is 0 Å². The van der Waals surface area contributed by atoms with Crippen LogP contribution in [0.25, 0.3) is 0 Å². The highest BCUT2D eigenvalue weighted by molar-refractivity contribution is 5.54. The molecule has 1 aliphatic heterocycles. The third kappa shape index (κ3) is 1.41. The number of aryl methyl sites for hydroxylation is 1. The molecule has 3 nitrogen and oxygen atoms in total. The molecule has 1 atom stereocenters. The van der Waals surface area contributed by atoms with Crippen LogP contribution in [0.15, 0.2) is 24.3 Å². The van der Waals surface area contributed by atoms with E-state index in [1.807, 2.05) is 24.3 Å². The molecule has 13 heavy (non-hydrogen) atoms. The zero-order chi connectivity index (χ0) is 9.26. The summed E-state index contributed by atoms with van der Waals surface area (Å²) in [5.41, 5.74) is 1.97. The van der Waals surface area contributed by atoms with Crippen LogP contribution < -0.4 is 5.06 Å². The van der Waals surface area contributed by atoms with E-state index in [0.717, 1.165) is 24.1 Å². The minimum absolute atomic E-state index is 0.00480. The Bertz CT molecular complexity index is 301. The van der Waals surface area contributed by atoms with Crippen LogP contribution in [0, 0.1) is 0 Å². The van der Waals surface area contributed by atoms with Crippen LogP contribution in [-0.4, -0.2) is 23.0 Å². The maximum atomic E-state index is 9.69. The number of rotatable bonds is 1. The molecule has 1 aliphatic rings. The molecule has 0 aromatic heterocycles. The second kappa shape index (κ2) is 3.36. The molecule has 0 saturated heterocycles. The van der Waals surface area contributed by atoms with E-state index in [9.17, 15) is 5.21 Å². The van der Waals surface area contributed by atoms with Crippen molar-refractivity contribution in [3.8, 4) is 0 Å². The molecular formula is C10H13NO2. The fourth-order valence-electron chi connectivity index (χ4n) is 1.76. The molecule has 0 amide bonds. The Kier molecular flexibility index (Phi) is 2.20. The molecule has 2 rings (SSSR count). The minimum Gasteiger partial charge on any atom is -0.394 e. The predicted octanol–water partition coefficient (Wildman–Crippen LogP) is 1.19. The summed E-state index contributed by atoms with van der Waals surface area (Å²) in [6.45, 7) is 0.00480. The molecule has 2 N–H and O–H groups in total. The lowest BCUT2D eigenvalue weighted by atomic mass is 9.98. The summed E-state index contributed by atoms with van der Waals surface area (Å²) in [4.78, 5) is 0. The monoisotopic (exact) mass is 179 g/mol. The number of anilines is 1. The van der Waals surface area contributed by atoms with Gasteiger partial charge in [-0.25, -0.2) is 0 Å². The van der Waals surface area contributed by atoms with Crippen molar-refractivity contribution in [2.24, 2.45) is 0 Å². The normalized spacial score (nSPS) is 21.4. The van der Waals surface area contributed by atoms with E-state index in [0.29, 0.717) is 0 Å². The number of benzene rings is 1. The van der Waals surface area contributed by atoms with Gasteiger partial charge in [0.05, 0.1) is 18.3 Å². The van der Waals surface area contributed by atoms with Crippen molar-refractivity contribution in [1.29, 1.82) is 0 Å². The highest BCUT2D eigenvalue weighted by atomic mass is 16.5. The van der Waals surface area contributed by atoms with Gasteiger partial charge in [-0.1, -0.05) is 18.2 Å². The minimum atomic E-state index is -0.144. The van der Waals surface area contributed by atoms with Gasteiger partial charge in [0.1, 0.15) is 0 Å². The van der Waals surface area contributed by atoms with Crippen molar-refractivity contribution in [3.63, 3.8) is 0 Å². The number of hydrogen-bond acceptors (Lipinski definition) is 3. The van der Waals surface area contributed by atoms with E-state index in [1.165, 1.54) is 5.06 Å². The smallest absolute Gasteiger partial charge is 0.0797 e. The standard InChI is InChI=1S/C10H13NO2/c12-7-9-6-5-8-3-1-2-4-10(8)11(9)13/h1-4,9,12-13H,5-7H2. The van der Waals surface area contributed by atoms with Crippen LogP contribution in [0.5, 0.6) is 0 Å². The third-order valence-corrected chi connectivity index (χ3v) is 2.54. The molecule has 3 heteroatoms. The summed E-state index contributed by atoms with van der Waals surface area (Å²) in [6, 6.07) is 7.59.